The van der Waals surface area contributed by atoms with Crippen LogP contribution in [-0.4, -0.2) is 36.3 Å². The summed E-state index contributed by atoms with van der Waals surface area (Å²) in [6.07, 6.45) is -3.07. The van der Waals surface area contributed by atoms with Crippen LogP contribution in [-0.2, 0) is 22.3 Å². The minimum absolute atomic E-state index is 0.0209. The highest BCUT2D eigenvalue weighted by Gasteiger charge is 2.31. The zero-order valence-corrected chi connectivity index (χ0v) is 15.9. The molecule has 2 N–H and O–H groups in total. The van der Waals surface area contributed by atoms with Gasteiger partial charge in [0.25, 0.3) is 0 Å². The molecule has 2 amide bonds. The van der Waals surface area contributed by atoms with Crippen molar-refractivity contribution >= 4 is 29.1 Å². The van der Waals surface area contributed by atoms with Gasteiger partial charge in [0.15, 0.2) is 0 Å². The van der Waals surface area contributed by atoms with Crippen molar-refractivity contribution < 1.29 is 27.2 Å². The molecule has 1 aromatic carbocycles. The summed E-state index contributed by atoms with van der Waals surface area (Å²) in [5, 5.41) is 4.99. The van der Waals surface area contributed by atoms with E-state index in [1.807, 2.05) is 0 Å². The molecule has 0 aliphatic carbocycles. The van der Waals surface area contributed by atoms with Crippen LogP contribution in [0.25, 0.3) is 0 Å². The molecule has 0 aliphatic rings. The monoisotopic (exact) mass is 417 g/mol. The molecule has 2 rings (SSSR count). The molecule has 1 aromatic heterocycles. The Morgan fingerprint density at radius 2 is 2.00 bits per heavy atom. The molecule has 10 heteroatoms. The number of nitrogens with zero attached hydrogens (tertiary/aromatic N) is 1. The van der Waals surface area contributed by atoms with Crippen molar-refractivity contribution in [2.45, 2.75) is 25.7 Å². The number of anilines is 1. The molecule has 0 saturated carbocycles. The molecular weight excluding hydrogens is 399 g/mol. The van der Waals surface area contributed by atoms with Gasteiger partial charge in [0, 0.05) is 0 Å². The molecule has 28 heavy (non-hydrogen) atoms. The van der Waals surface area contributed by atoms with Crippen LogP contribution in [0.1, 0.15) is 18.2 Å². The molecule has 152 valence electrons. The molecule has 0 saturated heterocycles. The molecule has 0 spiro atoms. The van der Waals surface area contributed by atoms with Crippen molar-refractivity contribution in [3.8, 4) is 0 Å². The zero-order chi connectivity index (χ0) is 20.9. The SMILES string of the molecule is C[C@@H](C(=O)Nc1cc(C(F)(F)F)ccc1Cl)N(C)CC(=O)NCc1ccco1. The number of furan rings is 1. The number of rotatable bonds is 7. The lowest BCUT2D eigenvalue weighted by molar-refractivity contribution is -0.137. The first-order valence-corrected chi connectivity index (χ1v) is 8.62. The molecule has 6 nitrogen and oxygen atoms in total. The number of likely N-dealkylation sites (N-methyl/N-ethyl adjacent to an activating group) is 1. The smallest absolute Gasteiger partial charge is 0.416 e. The van der Waals surface area contributed by atoms with E-state index in [1.165, 1.54) is 18.1 Å². The lowest BCUT2D eigenvalue weighted by Gasteiger charge is -2.23. The van der Waals surface area contributed by atoms with Crippen LogP contribution < -0.4 is 10.6 Å². The van der Waals surface area contributed by atoms with Crippen molar-refractivity contribution in [1.29, 1.82) is 0 Å². The molecule has 1 atom stereocenters. The third-order valence-electron chi connectivity index (χ3n) is 4.03. The summed E-state index contributed by atoms with van der Waals surface area (Å²) in [6.45, 7) is 1.64. The van der Waals surface area contributed by atoms with Crippen molar-refractivity contribution in [3.05, 3.63) is 52.9 Å². The summed E-state index contributed by atoms with van der Waals surface area (Å²) in [5.41, 5.74) is -1.07. The van der Waals surface area contributed by atoms with Gasteiger partial charge in [-0.1, -0.05) is 11.6 Å². The summed E-state index contributed by atoms with van der Waals surface area (Å²) < 4.78 is 43.6. The second-order valence-corrected chi connectivity index (χ2v) is 6.54. The maximum Gasteiger partial charge on any atom is 0.416 e. The third kappa shape index (κ3) is 6.00. The van der Waals surface area contributed by atoms with Crippen LogP contribution in [0.4, 0.5) is 18.9 Å². The van der Waals surface area contributed by atoms with E-state index in [9.17, 15) is 22.8 Å². The Morgan fingerprint density at radius 3 is 2.61 bits per heavy atom. The van der Waals surface area contributed by atoms with Gasteiger partial charge >= 0.3 is 6.18 Å². The Bertz CT molecular complexity index is 825. The van der Waals surface area contributed by atoms with Crippen LogP contribution in [0.2, 0.25) is 5.02 Å². The normalized spacial score (nSPS) is 12.7. The minimum Gasteiger partial charge on any atom is -0.467 e. The van der Waals surface area contributed by atoms with Gasteiger partial charge in [0.1, 0.15) is 5.76 Å². The zero-order valence-electron chi connectivity index (χ0n) is 15.1. The molecule has 0 aliphatic heterocycles. The Hall–Kier alpha value is -2.52. The minimum atomic E-state index is -4.56. The number of nitrogens with one attached hydrogen (secondary N) is 2. The van der Waals surface area contributed by atoms with Crippen LogP contribution in [0.5, 0.6) is 0 Å². The largest absolute Gasteiger partial charge is 0.467 e. The second kappa shape index (κ2) is 9.11. The van der Waals surface area contributed by atoms with Gasteiger partial charge in [-0.05, 0) is 44.3 Å². The van der Waals surface area contributed by atoms with Crippen molar-refractivity contribution in [2.24, 2.45) is 0 Å². The van der Waals surface area contributed by atoms with E-state index >= 15 is 0 Å². The molecule has 0 radical (unpaired) electrons. The number of hydrogen-bond acceptors (Lipinski definition) is 4. The van der Waals surface area contributed by atoms with Gasteiger partial charge in [-0.3, -0.25) is 14.5 Å². The van der Waals surface area contributed by atoms with E-state index in [1.54, 1.807) is 19.2 Å². The fraction of sp³-hybridized carbons (Fsp3) is 0.333. The first kappa shape index (κ1) is 21.8. The van der Waals surface area contributed by atoms with Crippen molar-refractivity contribution in [3.63, 3.8) is 0 Å². The Kier molecular flexibility index (Phi) is 7.09. The average molecular weight is 418 g/mol. The van der Waals surface area contributed by atoms with E-state index in [4.69, 9.17) is 16.0 Å². The standard InChI is InChI=1S/C18H19ClF3N3O3/c1-11(25(2)10-16(26)23-9-13-4-3-7-28-13)17(27)24-15-8-12(18(20,21)22)5-6-14(15)19/h3-8,11H,9-10H2,1-2H3,(H,23,26)(H,24,27)/t11-/m0/s1. The topological polar surface area (TPSA) is 74.6 Å². The van der Waals surface area contributed by atoms with Crippen LogP contribution >= 0.6 is 11.6 Å². The van der Waals surface area contributed by atoms with Crippen LogP contribution in [0.15, 0.2) is 41.0 Å². The van der Waals surface area contributed by atoms with Gasteiger partial charge < -0.3 is 15.1 Å². The van der Waals surface area contributed by atoms with Gasteiger partial charge in [-0.25, -0.2) is 0 Å². The summed E-state index contributed by atoms with van der Waals surface area (Å²) in [5.74, 6) is -0.348. The van der Waals surface area contributed by atoms with Crippen LogP contribution in [0, 0.1) is 0 Å². The maximum atomic E-state index is 12.8. The number of amides is 2. The van der Waals surface area contributed by atoms with Crippen molar-refractivity contribution in [2.75, 3.05) is 18.9 Å². The highest BCUT2D eigenvalue weighted by molar-refractivity contribution is 6.33. The lowest BCUT2D eigenvalue weighted by Crippen LogP contribution is -2.44. The summed E-state index contributed by atoms with van der Waals surface area (Å²) in [4.78, 5) is 25.8. The average Bonchev–Trinajstić information content (AvgIpc) is 3.13. The molecule has 0 bridgehead atoms. The number of alkyl halides is 3. The molecule has 0 unspecified atom stereocenters. The fourth-order valence-electron chi connectivity index (χ4n) is 2.25. The number of carbonyl (C=O) groups is 2. The van der Waals surface area contributed by atoms with Gasteiger partial charge in [-0.15, -0.1) is 0 Å². The summed E-state index contributed by atoms with van der Waals surface area (Å²) in [7, 11) is 1.55. The number of carbonyl (C=O) groups excluding carboxylic acids is 2. The van der Waals surface area contributed by atoms with E-state index in [2.05, 4.69) is 10.6 Å². The molecule has 1 heterocycles. The predicted octanol–water partition coefficient (Wildman–Crippen LogP) is 3.53. The van der Waals surface area contributed by atoms with E-state index in [0.29, 0.717) is 5.76 Å². The van der Waals surface area contributed by atoms with E-state index in [0.717, 1.165) is 18.2 Å². The van der Waals surface area contributed by atoms with Gasteiger partial charge in [0.2, 0.25) is 11.8 Å². The number of halogens is 4. The third-order valence-corrected chi connectivity index (χ3v) is 4.35. The quantitative estimate of drug-likeness (QED) is 0.722. The first-order valence-electron chi connectivity index (χ1n) is 8.25. The van der Waals surface area contributed by atoms with E-state index < -0.39 is 23.7 Å². The van der Waals surface area contributed by atoms with Crippen LogP contribution in [0.3, 0.4) is 0 Å². The molecule has 2 aromatic rings. The van der Waals surface area contributed by atoms with Gasteiger partial charge in [-0.2, -0.15) is 13.2 Å². The number of benzene rings is 1. The highest BCUT2D eigenvalue weighted by atomic mass is 35.5. The second-order valence-electron chi connectivity index (χ2n) is 6.13. The Labute approximate surface area is 164 Å². The Balaban J connectivity index is 1.93. The predicted molar refractivity (Wildman–Crippen MR) is 97.7 cm³/mol. The summed E-state index contributed by atoms with van der Waals surface area (Å²) in [6, 6.07) is 5.27. The van der Waals surface area contributed by atoms with E-state index in [-0.39, 0.29) is 29.7 Å². The number of hydrogen-bond donors (Lipinski definition) is 2. The fourth-order valence-corrected chi connectivity index (χ4v) is 2.42. The molecule has 0 fully saturated rings. The maximum absolute atomic E-state index is 12.8. The lowest BCUT2D eigenvalue weighted by atomic mass is 10.2. The highest BCUT2D eigenvalue weighted by Crippen LogP contribution is 2.33. The Morgan fingerprint density at radius 1 is 1.29 bits per heavy atom. The van der Waals surface area contributed by atoms with Crippen molar-refractivity contribution in [1.82, 2.24) is 10.2 Å². The first-order chi connectivity index (χ1) is 13.1. The van der Waals surface area contributed by atoms with Gasteiger partial charge in [0.05, 0.1) is 41.7 Å². The summed E-state index contributed by atoms with van der Waals surface area (Å²) >= 11 is 5.88. The molecular formula is C18H19ClF3N3O3.